The average molecular weight is 513 g/mol. The second-order valence-electron chi connectivity index (χ2n) is 7.13. The van der Waals surface area contributed by atoms with Crippen LogP contribution in [0, 0.1) is 0 Å². The van der Waals surface area contributed by atoms with Gasteiger partial charge < -0.3 is 12.4 Å². The Kier molecular flexibility index (Phi) is 8.72. The lowest BCUT2D eigenvalue weighted by Crippen LogP contribution is -3.00. The Bertz CT molecular complexity index is 1120. The smallest absolute Gasteiger partial charge is 0.258 e. The fourth-order valence-corrected chi connectivity index (χ4v) is 8.42. The van der Waals surface area contributed by atoms with Crippen LogP contribution in [0.1, 0.15) is 10.4 Å². The molecule has 0 fully saturated rings. The van der Waals surface area contributed by atoms with Gasteiger partial charge in [0.1, 0.15) is 15.9 Å². The van der Waals surface area contributed by atoms with E-state index in [4.69, 9.17) is 23.2 Å². The SMILES string of the molecule is O=C(NC(=CCl)[P+](c1ccccc1)(c1ccccc1)c1ccccc1)c1ccc(Cl)cc1.[Cl-]. The van der Waals surface area contributed by atoms with Crippen molar-refractivity contribution in [3.8, 4) is 0 Å². The Labute approximate surface area is 211 Å². The average Bonchev–Trinajstić information content (AvgIpc) is 2.86. The molecular formula is C27H21Cl3NOP. The standard InChI is InChI=1S/C27H20Cl2NOP.ClH/c28-20-26(30-27(31)21-16-18-22(29)19-17-21)32(23-10-4-1-5-11-23,24-12-6-2-7-13-24)25-14-8-3-9-15-25;/h1-20H;1H. The minimum atomic E-state index is -2.48. The molecule has 0 spiro atoms. The molecule has 2 nitrogen and oxygen atoms in total. The largest absolute Gasteiger partial charge is 1.00 e. The molecule has 4 rings (SSSR count). The highest BCUT2D eigenvalue weighted by molar-refractivity contribution is 7.99. The molecule has 4 aromatic carbocycles. The zero-order valence-corrected chi connectivity index (χ0v) is 20.7. The van der Waals surface area contributed by atoms with Crippen LogP contribution >= 0.6 is 30.5 Å². The van der Waals surface area contributed by atoms with Crippen molar-refractivity contribution in [3.05, 3.63) is 137 Å². The van der Waals surface area contributed by atoms with E-state index in [2.05, 4.69) is 41.7 Å². The van der Waals surface area contributed by atoms with E-state index < -0.39 is 7.26 Å². The van der Waals surface area contributed by atoms with E-state index in [1.54, 1.807) is 24.3 Å². The lowest BCUT2D eigenvalue weighted by atomic mass is 10.2. The summed E-state index contributed by atoms with van der Waals surface area (Å²) in [6, 6.07) is 37.5. The molecule has 0 unspecified atom stereocenters. The van der Waals surface area contributed by atoms with Gasteiger partial charge in [0, 0.05) is 10.6 Å². The second kappa shape index (κ2) is 11.5. The molecule has 0 saturated heterocycles. The molecule has 33 heavy (non-hydrogen) atoms. The van der Waals surface area contributed by atoms with Gasteiger partial charge in [0.05, 0.1) is 5.54 Å². The summed E-state index contributed by atoms with van der Waals surface area (Å²) in [5, 5.41) is 7.01. The zero-order valence-electron chi connectivity index (χ0n) is 17.5. The van der Waals surface area contributed by atoms with Crippen molar-refractivity contribution in [2.24, 2.45) is 0 Å². The van der Waals surface area contributed by atoms with E-state index in [9.17, 15) is 4.79 Å². The first-order valence-corrected chi connectivity index (χ1v) is 12.7. The molecule has 0 radical (unpaired) electrons. The van der Waals surface area contributed by atoms with Crippen molar-refractivity contribution in [2.45, 2.75) is 0 Å². The molecule has 0 heterocycles. The van der Waals surface area contributed by atoms with Crippen LogP contribution in [0.25, 0.3) is 0 Å². The summed E-state index contributed by atoms with van der Waals surface area (Å²) >= 11 is 12.5. The topological polar surface area (TPSA) is 29.1 Å². The van der Waals surface area contributed by atoms with Crippen LogP contribution in [0.2, 0.25) is 5.02 Å². The predicted molar refractivity (Wildman–Crippen MR) is 138 cm³/mol. The number of rotatable bonds is 6. The third-order valence-corrected chi connectivity index (χ3v) is 10.0. The molecule has 6 heteroatoms. The molecule has 1 amide bonds. The third kappa shape index (κ3) is 5.16. The van der Waals surface area contributed by atoms with Crippen LogP contribution in [-0.4, -0.2) is 5.91 Å². The first-order chi connectivity index (χ1) is 15.7. The van der Waals surface area contributed by atoms with Gasteiger partial charge in [0.25, 0.3) is 5.91 Å². The Morgan fingerprint density at radius 2 is 1.06 bits per heavy atom. The van der Waals surface area contributed by atoms with Crippen molar-refractivity contribution in [1.82, 2.24) is 5.32 Å². The van der Waals surface area contributed by atoms with E-state index in [0.717, 1.165) is 15.9 Å². The van der Waals surface area contributed by atoms with Gasteiger partial charge in [-0.15, -0.1) is 0 Å². The van der Waals surface area contributed by atoms with E-state index in [1.165, 1.54) is 5.54 Å². The number of carbonyl (C=O) groups excluding carboxylic acids is 1. The lowest BCUT2D eigenvalue weighted by Gasteiger charge is -2.29. The molecular weight excluding hydrogens is 492 g/mol. The van der Waals surface area contributed by atoms with E-state index >= 15 is 0 Å². The first-order valence-electron chi connectivity index (χ1n) is 10.1. The molecule has 0 aliphatic rings. The van der Waals surface area contributed by atoms with Crippen molar-refractivity contribution >= 4 is 52.3 Å². The maximum Gasteiger partial charge on any atom is 0.258 e. The predicted octanol–water partition coefficient (Wildman–Crippen LogP) is 3.11. The summed E-state index contributed by atoms with van der Waals surface area (Å²) in [5.41, 5.74) is 2.69. The van der Waals surface area contributed by atoms with Crippen molar-refractivity contribution in [2.75, 3.05) is 0 Å². The molecule has 0 aromatic heterocycles. The molecule has 4 aromatic rings. The Hall–Kier alpha value is -2.61. The Morgan fingerprint density at radius 3 is 1.42 bits per heavy atom. The minimum Gasteiger partial charge on any atom is -1.00 e. The summed E-state index contributed by atoms with van der Waals surface area (Å²) in [6.45, 7) is 0. The van der Waals surface area contributed by atoms with Crippen molar-refractivity contribution in [3.63, 3.8) is 0 Å². The highest BCUT2D eigenvalue weighted by atomic mass is 35.5. The van der Waals surface area contributed by atoms with Crippen LogP contribution < -0.4 is 33.6 Å². The van der Waals surface area contributed by atoms with Gasteiger partial charge in [0.15, 0.2) is 12.7 Å². The molecule has 166 valence electrons. The third-order valence-electron chi connectivity index (χ3n) is 5.24. The summed E-state index contributed by atoms with van der Waals surface area (Å²) < 4.78 is 0. The van der Waals surface area contributed by atoms with Gasteiger partial charge >= 0.3 is 0 Å². The van der Waals surface area contributed by atoms with Gasteiger partial charge in [-0.3, -0.25) is 10.1 Å². The first kappa shape index (κ1) is 25.0. The zero-order chi connectivity index (χ0) is 22.4. The molecule has 0 aliphatic carbocycles. The number of amides is 1. The van der Waals surface area contributed by atoms with Gasteiger partial charge in [-0.1, -0.05) is 77.8 Å². The second-order valence-corrected chi connectivity index (χ2v) is 11.2. The number of halogens is 3. The molecule has 0 atom stereocenters. The van der Waals surface area contributed by atoms with Gasteiger partial charge in [-0.2, -0.15) is 0 Å². The summed E-state index contributed by atoms with van der Waals surface area (Å²) in [7, 11) is -2.48. The summed E-state index contributed by atoms with van der Waals surface area (Å²) in [6.07, 6.45) is 0. The van der Waals surface area contributed by atoms with Gasteiger partial charge in [-0.25, -0.2) is 0 Å². The monoisotopic (exact) mass is 511 g/mol. The van der Waals surface area contributed by atoms with Crippen LogP contribution in [-0.2, 0) is 0 Å². The number of carbonyl (C=O) groups is 1. The number of hydrogen-bond donors (Lipinski definition) is 1. The highest BCUT2D eigenvalue weighted by Gasteiger charge is 2.50. The van der Waals surface area contributed by atoms with Crippen LogP contribution in [0.3, 0.4) is 0 Å². The maximum atomic E-state index is 13.2. The Balaban J connectivity index is 0.00000306. The fraction of sp³-hybridized carbons (Fsp3) is 0. The fourth-order valence-electron chi connectivity index (χ4n) is 3.79. The van der Waals surface area contributed by atoms with Crippen molar-refractivity contribution in [1.29, 1.82) is 0 Å². The normalized spacial score (nSPS) is 11.4. The molecule has 0 saturated carbocycles. The van der Waals surface area contributed by atoms with Crippen molar-refractivity contribution < 1.29 is 17.2 Å². The van der Waals surface area contributed by atoms with Gasteiger partial charge in [0.2, 0.25) is 0 Å². The van der Waals surface area contributed by atoms with Crippen LogP contribution in [0.5, 0.6) is 0 Å². The molecule has 1 N–H and O–H groups in total. The minimum absolute atomic E-state index is 0. The van der Waals surface area contributed by atoms with Crippen LogP contribution in [0.15, 0.2) is 126 Å². The Morgan fingerprint density at radius 1 is 0.667 bits per heavy atom. The maximum absolute atomic E-state index is 13.2. The van der Waals surface area contributed by atoms with Crippen LogP contribution in [0.4, 0.5) is 0 Å². The van der Waals surface area contributed by atoms with Gasteiger partial charge in [-0.05, 0) is 60.7 Å². The van der Waals surface area contributed by atoms with E-state index in [0.29, 0.717) is 16.0 Å². The van der Waals surface area contributed by atoms with E-state index in [-0.39, 0.29) is 18.3 Å². The highest BCUT2D eigenvalue weighted by Crippen LogP contribution is 2.61. The molecule has 0 aliphatic heterocycles. The summed E-state index contributed by atoms with van der Waals surface area (Å²) in [5.74, 6) is -0.235. The number of benzene rings is 4. The van der Waals surface area contributed by atoms with E-state index in [1.807, 2.05) is 54.6 Å². The number of nitrogens with one attached hydrogen (secondary N) is 1. The lowest BCUT2D eigenvalue weighted by molar-refractivity contribution is -0.0000143. The quantitative estimate of drug-likeness (QED) is 0.395. The molecule has 0 bridgehead atoms. The summed E-state index contributed by atoms with van der Waals surface area (Å²) in [4.78, 5) is 13.2. The number of hydrogen-bond acceptors (Lipinski definition) is 1.